The maximum atomic E-state index is 8.71. The van der Waals surface area contributed by atoms with Gasteiger partial charge in [0.2, 0.25) is 11.9 Å². The first kappa shape index (κ1) is 14.4. The summed E-state index contributed by atoms with van der Waals surface area (Å²) in [5.74, 6) is 1.06. The second kappa shape index (κ2) is 7.65. The third-order valence-corrected chi connectivity index (χ3v) is 2.50. The number of rotatable bonds is 8. The molecule has 7 heteroatoms. The van der Waals surface area contributed by atoms with E-state index in [0.29, 0.717) is 17.9 Å². The van der Waals surface area contributed by atoms with Crippen molar-refractivity contribution in [1.82, 2.24) is 15.0 Å². The van der Waals surface area contributed by atoms with Gasteiger partial charge in [0.25, 0.3) is 0 Å². The van der Waals surface area contributed by atoms with Crippen LogP contribution in [0.5, 0.6) is 6.01 Å². The van der Waals surface area contributed by atoms with Crippen molar-refractivity contribution in [2.75, 3.05) is 44.6 Å². The molecular weight excluding hydrogens is 234 g/mol. The Morgan fingerprint density at radius 3 is 2.61 bits per heavy atom. The Morgan fingerprint density at radius 2 is 2.00 bits per heavy atom. The van der Waals surface area contributed by atoms with Crippen LogP contribution in [0.3, 0.4) is 0 Å². The summed E-state index contributed by atoms with van der Waals surface area (Å²) in [4.78, 5) is 14.4. The summed E-state index contributed by atoms with van der Waals surface area (Å²) < 4.78 is 5.03. The molecule has 0 unspecified atom stereocenters. The number of hydrogen-bond donors (Lipinski definition) is 2. The number of anilines is 2. The van der Waals surface area contributed by atoms with E-state index < -0.39 is 0 Å². The van der Waals surface area contributed by atoms with Gasteiger partial charge >= 0.3 is 6.01 Å². The highest BCUT2D eigenvalue weighted by molar-refractivity contribution is 5.37. The average molecular weight is 255 g/mol. The summed E-state index contributed by atoms with van der Waals surface area (Å²) in [6.07, 6.45) is 2.80. The number of nitrogens with one attached hydrogen (secondary N) is 1. The lowest BCUT2D eigenvalue weighted by atomic mass is 10.2. The molecular formula is C11H21N5O2. The molecule has 1 aromatic rings. The number of aromatic nitrogens is 3. The van der Waals surface area contributed by atoms with Crippen LogP contribution >= 0.6 is 0 Å². The van der Waals surface area contributed by atoms with Gasteiger partial charge in [-0.15, -0.1) is 0 Å². The summed E-state index contributed by atoms with van der Waals surface area (Å²) in [5, 5.41) is 11.6. The molecule has 1 aromatic heterocycles. The first-order valence-electron chi connectivity index (χ1n) is 6.01. The average Bonchev–Trinajstić information content (AvgIpc) is 2.42. The van der Waals surface area contributed by atoms with E-state index in [1.54, 1.807) is 7.05 Å². The monoisotopic (exact) mass is 255 g/mol. The number of aliphatic hydroxyl groups is 1. The zero-order chi connectivity index (χ0) is 13.4. The van der Waals surface area contributed by atoms with Gasteiger partial charge < -0.3 is 20.1 Å². The maximum Gasteiger partial charge on any atom is 0.322 e. The van der Waals surface area contributed by atoms with Crippen LogP contribution in [0.1, 0.15) is 19.3 Å². The zero-order valence-electron chi connectivity index (χ0n) is 11.2. The number of nitrogens with zero attached hydrogens (tertiary/aromatic N) is 4. The summed E-state index contributed by atoms with van der Waals surface area (Å²) in [5.41, 5.74) is 0. The number of hydrogen-bond acceptors (Lipinski definition) is 7. The van der Waals surface area contributed by atoms with Crippen molar-refractivity contribution in [1.29, 1.82) is 0 Å². The standard InChI is InChI=1S/C11H21N5O2/c1-12-9-13-10(15-11(14-9)18-3)16(2)7-5-4-6-8-17/h17H,4-8H2,1-3H3,(H,12,13,14,15). The number of aliphatic hydroxyl groups excluding tert-OH is 1. The minimum atomic E-state index is 0.243. The molecule has 2 N–H and O–H groups in total. The van der Waals surface area contributed by atoms with E-state index in [1.165, 1.54) is 7.11 Å². The Labute approximate surface area is 107 Å². The third-order valence-electron chi connectivity index (χ3n) is 2.50. The van der Waals surface area contributed by atoms with E-state index in [1.807, 2.05) is 11.9 Å². The van der Waals surface area contributed by atoms with Crippen LogP contribution in [-0.2, 0) is 0 Å². The van der Waals surface area contributed by atoms with E-state index in [0.717, 1.165) is 25.8 Å². The molecule has 7 nitrogen and oxygen atoms in total. The van der Waals surface area contributed by atoms with E-state index in [9.17, 15) is 0 Å². The number of methoxy groups -OCH3 is 1. The molecule has 0 aromatic carbocycles. The Kier molecular flexibility index (Phi) is 6.13. The maximum absolute atomic E-state index is 8.71. The highest BCUT2D eigenvalue weighted by atomic mass is 16.5. The molecule has 0 fully saturated rings. The predicted molar refractivity (Wildman–Crippen MR) is 70.1 cm³/mol. The molecule has 0 aliphatic carbocycles. The molecule has 0 radical (unpaired) electrons. The topological polar surface area (TPSA) is 83.4 Å². The van der Waals surface area contributed by atoms with Crippen molar-refractivity contribution in [3.8, 4) is 6.01 Å². The number of ether oxygens (including phenoxy) is 1. The minimum absolute atomic E-state index is 0.243. The molecule has 0 amide bonds. The fraction of sp³-hybridized carbons (Fsp3) is 0.727. The fourth-order valence-corrected chi connectivity index (χ4v) is 1.46. The van der Waals surface area contributed by atoms with Crippen LogP contribution < -0.4 is 15.0 Å². The van der Waals surface area contributed by atoms with Crippen LogP contribution in [0.15, 0.2) is 0 Å². The third kappa shape index (κ3) is 4.33. The van der Waals surface area contributed by atoms with E-state index in [4.69, 9.17) is 9.84 Å². The molecule has 0 aliphatic heterocycles. The molecule has 18 heavy (non-hydrogen) atoms. The first-order valence-corrected chi connectivity index (χ1v) is 6.01. The second-order valence-electron chi connectivity index (χ2n) is 3.90. The van der Waals surface area contributed by atoms with E-state index in [2.05, 4.69) is 20.3 Å². The van der Waals surface area contributed by atoms with Crippen molar-refractivity contribution >= 4 is 11.9 Å². The second-order valence-corrected chi connectivity index (χ2v) is 3.90. The lowest BCUT2D eigenvalue weighted by Crippen LogP contribution is -2.22. The zero-order valence-corrected chi connectivity index (χ0v) is 11.2. The lowest BCUT2D eigenvalue weighted by molar-refractivity contribution is 0.283. The normalized spacial score (nSPS) is 10.2. The molecule has 0 aliphatic rings. The Bertz CT molecular complexity index is 339. The van der Waals surface area contributed by atoms with Gasteiger partial charge in [-0.05, 0) is 19.3 Å². The van der Waals surface area contributed by atoms with Crippen LogP contribution in [0.4, 0.5) is 11.9 Å². The van der Waals surface area contributed by atoms with Crippen molar-refractivity contribution in [2.45, 2.75) is 19.3 Å². The number of unbranched alkanes of at least 4 members (excludes halogenated alkanes) is 2. The Balaban J connectivity index is 2.63. The molecule has 0 bridgehead atoms. The van der Waals surface area contributed by atoms with Crippen LogP contribution in [-0.4, -0.2) is 54.4 Å². The van der Waals surface area contributed by atoms with Crippen LogP contribution in [0, 0.1) is 0 Å². The van der Waals surface area contributed by atoms with Gasteiger partial charge in [0.15, 0.2) is 0 Å². The Morgan fingerprint density at radius 1 is 1.22 bits per heavy atom. The highest BCUT2D eigenvalue weighted by Crippen LogP contribution is 2.13. The lowest BCUT2D eigenvalue weighted by Gasteiger charge is -2.17. The van der Waals surface area contributed by atoms with Gasteiger partial charge in [0, 0.05) is 27.2 Å². The molecule has 1 heterocycles. The Hall–Kier alpha value is -1.63. The van der Waals surface area contributed by atoms with Gasteiger partial charge in [-0.2, -0.15) is 15.0 Å². The van der Waals surface area contributed by atoms with E-state index >= 15 is 0 Å². The first-order chi connectivity index (χ1) is 8.71. The summed E-state index contributed by atoms with van der Waals surface area (Å²) in [6, 6.07) is 0.298. The predicted octanol–water partition coefficient (Wildman–Crippen LogP) is 0.521. The van der Waals surface area contributed by atoms with Gasteiger partial charge in [0.05, 0.1) is 7.11 Å². The highest BCUT2D eigenvalue weighted by Gasteiger charge is 2.09. The van der Waals surface area contributed by atoms with Crippen LogP contribution in [0.2, 0.25) is 0 Å². The van der Waals surface area contributed by atoms with Crippen LogP contribution in [0.25, 0.3) is 0 Å². The van der Waals surface area contributed by atoms with Gasteiger partial charge in [-0.1, -0.05) is 0 Å². The van der Waals surface area contributed by atoms with Gasteiger partial charge in [-0.3, -0.25) is 0 Å². The molecule has 0 atom stereocenters. The summed E-state index contributed by atoms with van der Waals surface area (Å²) in [7, 11) is 5.20. The SMILES string of the molecule is CNc1nc(OC)nc(N(C)CCCCCO)n1. The van der Waals surface area contributed by atoms with Crippen molar-refractivity contribution in [3.05, 3.63) is 0 Å². The summed E-state index contributed by atoms with van der Waals surface area (Å²) >= 11 is 0. The van der Waals surface area contributed by atoms with Crippen molar-refractivity contribution < 1.29 is 9.84 Å². The van der Waals surface area contributed by atoms with Crippen molar-refractivity contribution in [3.63, 3.8) is 0 Å². The quantitative estimate of drug-likeness (QED) is 0.655. The molecule has 0 saturated carbocycles. The largest absolute Gasteiger partial charge is 0.467 e. The van der Waals surface area contributed by atoms with Crippen molar-refractivity contribution in [2.24, 2.45) is 0 Å². The molecule has 102 valence electrons. The van der Waals surface area contributed by atoms with E-state index in [-0.39, 0.29) is 6.61 Å². The molecule has 1 rings (SSSR count). The van der Waals surface area contributed by atoms with Gasteiger partial charge in [-0.25, -0.2) is 0 Å². The fourth-order valence-electron chi connectivity index (χ4n) is 1.46. The van der Waals surface area contributed by atoms with Gasteiger partial charge in [0.1, 0.15) is 0 Å². The molecule has 0 spiro atoms. The molecule has 0 saturated heterocycles. The minimum Gasteiger partial charge on any atom is -0.467 e. The summed E-state index contributed by atoms with van der Waals surface area (Å²) in [6.45, 7) is 1.07. The smallest absolute Gasteiger partial charge is 0.322 e.